The fourth-order valence-electron chi connectivity index (χ4n) is 4.33. The van der Waals surface area contributed by atoms with Crippen molar-refractivity contribution >= 4 is 17.6 Å². The quantitative estimate of drug-likeness (QED) is 0.518. The smallest absolute Gasteiger partial charge is 0.319 e. The van der Waals surface area contributed by atoms with E-state index in [0.717, 1.165) is 12.1 Å². The number of fused-ring (bicyclic) bond motifs is 1. The number of pyridine rings is 1. The second-order valence-corrected chi connectivity index (χ2v) is 10.0. The number of nitrogens with zero attached hydrogens (tertiary/aromatic N) is 3. The van der Waals surface area contributed by atoms with Gasteiger partial charge in [-0.15, -0.1) is 0 Å². The van der Waals surface area contributed by atoms with E-state index in [1.54, 1.807) is 29.4 Å². The first-order chi connectivity index (χ1) is 17.2. The van der Waals surface area contributed by atoms with Gasteiger partial charge in [0.15, 0.2) is 0 Å². The summed E-state index contributed by atoms with van der Waals surface area (Å²) < 4.78 is 6.55. The number of amides is 3. The van der Waals surface area contributed by atoms with Gasteiger partial charge in [-0.25, -0.2) is 4.79 Å². The van der Waals surface area contributed by atoms with Gasteiger partial charge in [0.25, 0.3) is 0 Å². The van der Waals surface area contributed by atoms with Crippen LogP contribution in [-0.4, -0.2) is 76.8 Å². The summed E-state index contributed by atoms with van der Waals surface area (Å²) in [4.78, 5) is 33.6. The summed E-state index contributed by atoms with van der Waals surface area (Å²) in [5.74, 6) is 0.567. The number of carbonyl (C=O) groups is 2. The van der Waals surface area contributed by atoms with Gasteiger partial charge in [0.2, 0.25) is 5.91 Å². The molecule has 0 fully saturated rings. The molecule has 2 aromatic rings. The molecule has 36 heavy (non-hydrogen) atoms. The molecule has 0 unspecified atom stereocenters. The highest BCUT2D eigenvalue weighted by Gasteiger charge is 2.31. The summed E-state index contributed by atoms with van der Waals surface area (Å²) in [5, 5.41) is 15.4. The summed E-state index contributed by atoms with van der Waals surface area (Å²) in [6.45, 7) is 9.45. The van der Waals surface area contributed by atoms with Gasteiger partial charge < -0.3 is 25.4 Å². The van der Waals surface area contributed by atoms with Crippen molar-refractivity contribution in [2.75, 3.05) is 32.1 Å². The first-order valence-electron chi connectivity index (χ1n) is 12.5. The van der Waals surface area contributed by atoms with Crippen LogP contribution in [0.2, 0.25) is 0 Å². The van der Waals surface area contributed by atoms with Crippen LogP contribution in [0.3, 0.4) is 0 Å². The predicted molar refractivity (Wildman–Crippen MR) is 140 cm³/mol. The molecule has 0 saturated heterocycles. The SMILES string of the molecule is CC(C)NC(=O)Nc1ccc2c(c1)CC(=O)N([C@H](C)CO)C[C@@H](C)[C@H](CN(C)Cc1ccncc1)O2. The Morgan fingerprint density at radius 3 is 2.64 bits per heavy atom. The van der Waals surface area contributed by atoms with Gasteiger partial charge in [-0.3, -0.25) is 14.7 Å². The molecule has 196 valence electrons. The van der Waals surface area contributed by atoms with Gasteiger partial charge >= 0.3 is 6.03 Å². The number of hydrogen-bond donors (Lipinski definition) is 3. The number of likely N-dealkylation sites (N-methyl/N-ethyl adjacent to an activating group) is 1. The molecular formula is C27H39N5O4. The monoisotopic (exact) mass is 497 g/mol. The van der Waals surface area contributed by atoms with Crippen LogP contribution in [0.4, 0.5) is 10.5 Å². The number of ether oxygens (including phenoxy) is 1. The van der Waals surface area contributed by atoms with E-state index in [4.69, 9.17) is 4.74 Å². The number of aromatic nitrogens is 1. The molecule has 0 saturated carbocycles. The van der Waals surface area contributed by atoms with Crippen molar-refractivity contribution < 1.29 is 19.4 Å². The van der Waals surface area contributed by atoms with Crippen molar-refractivity contribution in [3.05, 3.63) is 53.9 Å². The van der Waals surface area contributed by atoms with E-state index in [2.05, 4.69) is 27.4 Å². The van der Waals surface area contributed by atoms with Gasteiger partial charge in [-0.1, -0.05) is 6.92 Å². The first-order valence-corrected chi connectivity index (χ1v) is 12.5. The van der Waals surface area contributed by atoms with Crippen LogP contribution >= 0.6 is 0 Å². The molecule has 3 atom stereocenters. The average molecular weight is 498 g/mol. The van der Waals surface area contributed by atoms with E-state index in [0.29, 0.717) is 30.1 Å². The predicted octanol–water partition coefficient (Wildman–Crippen LogP) is 2.89. The van der Waals surface area contributed by atoms with Crippen LogP contribution in [0.5, 0.6) is 5.75 Å². The first kappa shape index (κ1) is 27.4. The number of aliphatic hydroxyl groups is 1. The lowest BCUT2D eigenvalue weighted by atomic mass is 10.0. The minimum Gasteiger partial charge on any atom is -0.488 e. The zero-order chi connectivity index (χ0) is 26.2. The van der Waals surface area contributed by atoms with E-state index in [9.17, 15) is 14.7 Å². The number of nitrogens with one attached hydrogen (secondary N) is 2. The number of benzene rings is 1. The van der Waals surface area contributed by atoms with Crippen LogP contribution in [0.1, 0.15) is 38.8 Å². The Balaban J connectivity index is 1.87. The molecule has 0 aliphatic carbocycles. The fraction of sp³-hybridized carbons (Fsp3) is 0.519. The summed E-state index contributed by atoms with van der Waals surface area (Å²) >= 11 is 0. The van der Waals surface area contributed by atoms with E-state index < -0.39 is 0 Å². The Bertz CT molecular complexity index is 1020. The molecule has 3 N–H and O–H groups in total. The number of urea groups is 1. The summed E-state index contributed by atoms with van der Waals surface area (Å²) in [5.41, 5.74) is 2.45. The molecule has 3 amide bonds. The van der Waals surface area contributed by atoms with Crippen molar-refractivity contribution in [3.8, 4) is 5.75 Å². The maximum absolute atomic E-state index is 13.3. The second-order valence-electron chi connectivity index (χ2n) is 10.0. The molecular weight excluding hydrogens is 458 g/mol. The normalized spacial score (nSPS) is 19.1. The lowest BCUT2D eigenvalue weighted by molar-refractivity contribution is -0.134. The number of hydrogen-bond acceptors (Lipinski definition) is 6. The third-order valence-electron chi connectivity index (χ3n) is 6.29. The molecule has 1 aromatic carbocycles. The molecule has 1 aliphatic heterocycles. The number of aliphatic hydroxyl groups excluding tert-OH is 1. The van der Waals surface area contributed by atoms with Crippen molar-refractivity contribution in [2.45, 2.75) is 58.8 Å². The lowest BCUT2D eigenvalue weighted by Crippen LogP contribution is -2.47. The van der Waals surface area contributed by atoms with Gasteiger partial charge in [0.1, 0.15) is 11.9 Å². The van der Waals surface area contributed by atoms with Gasteiger partial charge in [-0.05, 0) is 63.7 Å². The Hall–Kier alpha value is -3.17. The van der Waals surface area contributed by atoms with Crippen LogP contribution < -0.4 is 15.4 Å². The van der Waals surface area contributed by atoms with Crippen LogP contribution in [-0.2, 0) is 17.8 Å². The molecule has 0 radical (unpaired) electrons. The Morgan fingerprint density at radius 1 is 1.25 bits per heavy atom. The van der Waals surface area contributed by atoms with E-state index >= 15 is 0 Å². The maximum Gasteiger partial charge on any atom is 0.319 e. The van der Waals surface area contributed by atoms with Crippen LogP contribution in [0, 0.1) is 5.92 Å². The Labute approximate surface area is 213 Å². The number of anilines is 1. The zero-order valence-electron chi connectivity index (χ0n) is 21.9. The van der Waals surface area contributed by atoms with Crippen molar-refractivity contribution in [1.82, 2.24) is 20.1 Å². The maximum atomic E-state index is 13.3. The van der Waals surface area contributed by atoms with Gasteiger partial charge in [0, 0.05) is 55.2 Å². The third kappa shape index (κ3) is 7.66. The average Bonchev–Trinajstić information content (AvgIpc) is 2.86. The van der Waals surface area contributed by atoms with Crippen LogP contribution in [0.15, 0.2) is 42.7 Å². The van der Waals surface area contributed by atoms with E-state index in [1.165, 1.54) is 0 Å². The van der Waals surface area contributed by atoms with Gasteiger partial charge in [-0.2, -0.15) is 0 Å². The highest BCUT2D eigenvalue weighted by Crippen LogP contribution is 2.29. The van der Waals surface area contributed by atoms with Crippen molar-refractivity contribution in [1.29, 1.82) is 0 Å². The second kappa shape index (κ2) is 12.7. The van der Waals surface area contributed by atoms with Crippen molar-refractivity contribution in [2.24, 2.45) is 5.92 Å². The lowest BCUT2D eigenvalue weighted by Gasteiger charge is -2.34. The largest absolute Gasteiger partial charge is 0.488 e. The van der Waals surface area contributed by atoms with Crippen LogP contribution in [0.25, 0.3) is 0 Å². The summed E-state index contributed by atoms with van der Waals surface area (Å²) in [6.07, 6.45) is 3.49. The molecule has 0 spiro atoms. The Morgan fingerprint density at radius 2 is 1.97 bits per heavy atom. The molecule has 0 bridgehead atoms. The van der Waals surface area contributed by atoms with E-state index in [-0.39, 0.29) is 49.1 Å². The molecule has 9 heteroatoms. The third-order valence-corrected chi connectivity index (χ3v) is 6.29. The topological polar surface area (TPSA) is 107 Å². The highest BCUT2D eigenvalue weighted by atomic mass is 16.5. The molecule has 9 nitrogen and oxygen atoms in total. The molecule has 1 aliphatic rings. The molecule has 2 heterocycles. The zero-order valence-corrected chi connectivity index (χ0v) is 21.9. The van der Waals surface area contributed by atoms with Crippen molar-refractivity contribution in [3.63, 3.8) is 0 Å². The summed E-state index contributed by atoms with van der Waals surface area (Å²) in [6, 6.07) is 8.78. The molecule has 3 rings (SSSR count). The summed E-state index contributed by atoms with van der Waals surface area (Å²) in [7, 11) is 2.05. The minimum absolute atomic E-state index is 0.00248. The molecule has 1 aromatic heterocycles. The minimum atomic E-state index is -0.310. The Kier molecular flexibility index (Phi) is 9.66. The number of rotatable bonds is 8. The standard InChI is InChI=1S/C27H39N5O4/c1-18(2)29-27(35)30-23-6-7-24-22(12-23)13-26(34)32(20(4)17-33)14-19(3)25(36-24)16-31(5)15-21-8-10-28-11-9-21/h6-12,18-20,25,33H,13-17H2,1-5H3,(H2,29,30,35)/t19-,20-,25+/m1/s1. The highest BCUT2D eigenvalue weighted by molar-refractivity contribution is 5.90. The number of carbonyl (C=O) groups excluding carboxylic acids is 2. The fourth-order valence-corrected chi connectivity index (χ4v) is 4.33. The van der Waals surface area contributed by atoms with Gasteiger partial charge in [0.05, 0.1) is 19.1 Å². The van der Waals surface area contributed by atoms with E-state index in [1.807, 2.05) is 46.0 Å².